The van der Waals surface area contributed by atoms with Gasteiger partial charge in [0.2, 0.25) is 0 Å². The number of Topliss-reactive ketones (excluding diaryl/α,β-unsaturated/α-hetero) is 1. The van der Waals surface area contributed by atoms with E-state index in [4.69, 9.17) is 14.2 Å². The van der Waals surface area contributed by atoms with Crippen LogP contribution in [0.1, 0.15) is 80.0 Å². The fourth-order valence-electron chi connectivity index (χ4n) is 7.52. The van der Waals surface area contributed by atoms with Gasteiger partial charge in [-0.2, -0.15) is 0 Å². The molecule has 292 valence electrons. The molecular formula is C46H51N3O7. The smallest absolute Gasteiger partial charge is 0.302 e. The molecule has 4 atom stereocenters. The van der Waals surface area contributed by atoms with Crippen molar-refractivity contribution in [3.63, 3.8) is 0 Å². The summed E-state index contributed by atoms with van der Waals surface area (Å²) in [6, 6.07) is 19.5. The molecule has 4 aromatic rings. The van der Waals surface area contributed by atoms with Crippen LogP contribution in [0.3, 0.4) is 0 Å². The van der Waals surface area contributed by atoms with E-state index in [0.29, 0.717) is 42.7 Å². The molecule has 0 saturated heterocycles. The third kappa shape index (κ3) is 10.8. The number of methoxy groups -OCH3 is 1. The molecule has 0 amide bonds. The quantitative estimate of drug-likeness (QED) is 0.0938. The number of carbonyl (C=O) groups is 2. The number of phenols is 2. The highest BCUT2D eigenvalue weighted by Gasteiger charge is 2.25. The number of ether oxygens (including phenoxy) is 3. The first-order valence-corrected chi connectivity index (χ1v) is 19.3. The number of carbonyl (C=O) groups excluding carboxylic acids is 2. The lowest BCUT2D eigenvalue weighted by Gasteiger charge is -2.25. The minimum Gasteiger partial charge on any atom is -0.508 e. The zero-order valence-corrected chi connectivity index (χ0v) is 32.3. The molecule has 0 fully saturated rings. The average Bonchev–Trinajstić information content (AvgIpc) is 3.62. The minimum absolute atomic E-state index is 0.00874. The van der Waals surface area contributed by atoms with Gasteiger partial charge in [0.25, 0.3) is 0 Å². The van der Waals surface area contributed by atoms with Gasteiger partial charge in [-0.25, -0.2) is 0 Å². The Morgan fingerprint density at radius 2 is 1.66 bits per heavy atom. The highest BCUT2D eigenvalue weighted by Crippen LogP contribution is 2.37. The fraction of sp³-hybridized carbons (Fsp3) is 0.348. The minimum atomic E-state index is -0.548. The van der Waals surface area contributed by atoms with Crippen molar-refractivity contribution in [3.05, 3.63) is 125 Å². The number of phenolic OH excluding ortho intramolecular Hbond substituents is 2. The second-order valence-electron chi connectivity index (χ2n) is 14.5. The number of nitrogens with one attached hydrogen (secondary N) is 3. The number of aromatic nitrogens is 1. The molecule has 2 bridgehead atoms. The van der Waals surface area contributed by atoms with Gasteiger partial charge in [0.1, 0.15) is 29.1 Å². The van der Waals surface area contributed by atoms with Crippen molar-refractivity contribution in [2.45, 2.75) is 76.7 Å². The Bertz CT molecular complexity index is 2120. The first kappa shape index (κ1) is 39.6. The van der Waals surface area contributed by atoms with E-state index >= 15 is 0 Å². The highest BCUT2D eigenvalue weighted by molar-refractivity contribution is 5.81. The normalized spacial score (nSPS) is 20.7. The van der Waals surface area contributed by atoms with E-state index in [1.54, 1.807) is 37.4 Å². The zero-order chi connectivity index (χ0) is 39.4. The third-order valence-corrected chi connectivity index (χ3v) is 10.4. The van der Waals surface area contributed by atoms with E-state index < -0.39 is 18.0 Å². The summed E-state index contributed by atoms with van der Waals surface area (Å²) in [5.41, 5.74) is 5.39. The lowest BCUT2D eigenvalue weighted by atomic mass is 9.82. The number of dihydropyridines is 1. The van der Waals surface area contributed by atoms with Crippen molar-refractivity contribution >= 4 is 11.8 Å². The second-order valence-corrected chi connectivity index (χ2v) is 14.5. The number of H-pyrrole nitrogens is 1. The summed E-state index contributed by atoms with van der Waals surface area (Å²) < 4.78 is 17.5. The fourth-order valence-corrected chi connectivity index (χ4v) is 7.52. The van der Waals surface area contributed by atoms with Gasteiger partial charge >= 0.3 is 5.97 Å². The predicted molar refractivity (Wildman–Crippen MR) is 216 cm³/mol. The lowest BCUT2D eigenvalue weighted by Crippen LogP contribution is -2.30. The summed E-state index contributed by atoms with van der Waals surface area (Å²) in [6.07, 6.45) is 12.0. The van der Waals surface area contributed by atoms with E-state index in [1.165, 1.54) is 24.1 Å². The second kappa shape index (κ2) is 19.0. The van der Waals surface area contributed by atoms with Crippen molar-refractivity contribution < 1.29 is 34.0 Å². The van der Waals surface area contributed by atoms with Gasteiger partial charge in [-0.3, -0.25) is 9.59 Å². The number of hydrogen-bond acceptors (Lipinski definition) is 9. The number of hydrogen-bond donors (Lipinski definition) is 5. The van der Waals surface area contributed by atoms with Gasteiger partial charge in [-0.15, -0.1) is 0 Å². The van der Waals surface area contributed by atoms with Crippen LogP contribution >= 0.6 is 0 Å². The topological polar surface area (TPSA) is 142 Å². The Hall–Kier alpha value is -6.08. The number of benzene rings is 3. The number of aromatic amines is 1. The molecule has 6 rings (SSSR count). The molecule has 1 aromatic heterocycles. The van der Waals surface area contributed by atoms with Gasteiger partial charge in [0.15, 0.2) is 11.5 Å². The van der Waals surface area contributed by atoms with Crippen molar-refractivity contribution in [1.82, 2.24) is 15.6 Å². The summed E-state index contributed by atoms with van der Waals surface area (Å²) in [4.78, 5) is 29.4. The van der Waals surface area contributed by atoms with Crippen LogP contribution in [0, 0.1) is 17.8 Å². The molecule has 3 heterocycles. The van der Waals surface area contributed by atoms with Gasteiger partial charge < -0.3 is 40.0 Å². The van der Waals surface area contributed by atoms with Crippen LogP contribution in [0.25, 0.3) is 0 Å². The Morgan fingerprint density at radius 1 is 0.875 bits per heavy atom. The lowest BCUT2D eigenvalue weighted by molar-refractivity contribution is -0.148. The first-order valence-electron chi connectivity index (χ1n) is 19.3. The van der Waals surface area contributed by atoms with Gasteiger partial charge in [0.05, 0.1) is 25.4 Å². The molecule has 10 heteroatoms. The Balaban J connectivity index is 1.33. The Morgan fingerprint density at radius 3 is 2.41 bits per heavy atom. The summed E-state index contributed by atoms with van der Waals surface area (Å²) in [6.45, 7) is 4.51. The number of aromatic hydroxyl groups is 2. The monoisotopic (exact) mass is 757 g/mol. The summed E-state index contributed by atoms with van der Waals surface area (Å²) in [5.74, 6) is 8.46. The van der Waals surface area contributed by atoms with Crippen LogP contribution in [0.5, 0.6) is 28.7 Å². The van der Waals surface area contributed by atoms with E-state index in [9.17, 15) is 19.8 Å². The van der Waals surface area contributed by atoms with Gasteiger partial charge in [0, 0.05) is 50.7 Å². The van der Waals surface area contributed by atoms with E-state index in [0.717, 1.165) is 48.2 Å². The molecule has 56 heavy (non-hydrogen) atoms. The number of ketones is 1. The van der Waals surface area contributed by atoms with Gasteiger partial charge in [-0.05, 0) is 102 Å². The number of allylic oxidation sites excluding steroid dienone is 2. The zero-order valence-electron chi connectivity index (χ0n) is 32.3. The van der Waals surface area contributed by atoms with Crippen LogP contribution in [0.15, 0.2) is 103 Å². The van der Waals surface area contributed by atoms with Crippen molar-refractivity contribution in [2.75, 3.05) is 20.2 Å². The molecule has 2 aliphatic rings. The molecule has 2 aliphatic heterocycles. The molecule has 0 spiro atoms. The maximum Gasteiger partial charge on any atom is 0.302 e. The van der Waals surface area contributed by atoms with E-state index in [1.807, 2.05) is 24.3 Å². The third-order valence-electron chi connectivity index (χ3n) is 10.4. The predicted octanol–water partition coefficient (Wildman–Crippen LogP) is 7.94. The molecule has 3 aromatic carbocycles. The maximum absolute atomic E-state index is 13.8. The number of fused-ring (bicyclic) bond motifs is 2. The Kier molecular flexibility index (Phi) is 13.4. The molecular weight excluding hydrogens is 707 g/mol. The molecule has 0 saturated carbocycles. The van der Waals surface area contributed by atoms with Crippen molar-refractivity contribution in [2.24, 2.45) is 5.92 Å². The first-order chi connectivity index (χ1) is 27.2. The summed E-state index contributed by atoms with van der Waals surface area (Å²) >= 11 is 0. The molecule has 0 aliphatic carbocycles. The highest BCUT2D eigenvalue weighted by atomic mass is 16.5. The average molecular weight is 758 g/mol. The Labute approximate surface area is 329 Å². The SMILES string of the molecule is CCC1CCC(OC(C)=O)CC(=O)CC(c2ccc(Oc3cccc(O)c3)c(OC)c2)C#CCNC2=CC(=CCN2)C(c2cccc(O)c2)Cc2c[nH]cc2C1. The summed E-state index contributed by atoms with van der Waals surface area (Å²) in [7, 11) is 1.55. The molecule has 4 unspecified atom stereocenters. The number of rotatable bonds is 7. The van der Waals surface area contributed by atoms with Crippen molar-refractivity contribution in [3.8, 4) is 40.6 Å². The standard InChI is InChI=1S/C46H51N3O7/c1-4-31-13-15-42(55-30(2)50)27-40(53)21-32(33-14-16-44(45(24-33)54-3)56-41-12-6-11-39(52)26-41)9-7-18-48-46-25-35(17-19-49-46)43(34-8-5-10-38(51)22-34)23-37-29-47-28-36(37)20-31/h5-6,8,10-12,14,16-17,22,24-26,28-29,31-32,42-43,47-49,51-52H,4,13,15,18-21,23,27H2,1-3H3. The van der Waals surface area contributed by atoms with Crippen molar-refractivity contribution in [1.29, 1.82) is 0 Å². The maximum atomic E-state index is 13.8. The largest absolute Gasteiger partial charge is 0.508 e. The molecule has 10 nitrogen and oxygen atoms in total. The summed E-state index contributed by atoms with van der Waals surface area (Å²) in [5, 5.41) is 27.2. The van der Waals surface area contributed by atoms with Gasteiger partial charge in [-0.1, -0.05) is 55.5 Å². The van der Waals surface area contributed by atoms with Crippen LogP contribution < -0.4 is 20.1 Å². The molecule has 0 radical (unpaired) electrons. The van der Waals surface area contributed by atoms with Crippen LogP contribution in [-0.4, -0.2) is 53.3 Å². The van der Waals surface area contributed by atoms with Crippen LogP contribution in [0.4, 0.5) is 0 Å². The molecule has 5 N–H and O–H groups in total. The number of esters is 1. The van der Waals surface area contributed by atoms with E-state index in [2.05, 4.69) is 65.0 Å². The van der Waals surface area contributed by atoms with E-state index in [-0.39, 0.29) is 36.0 Å². The van der Waals surface area contributed by atoms with Crippen LogP contribution in [0.2, 0.25) is 0 Å². The van der Waals surface area contributed by atoms with Crippen LogP contribution in [-0.2, 0) is 27.2 Å².